The number of carbonyl (C=O) groups is 4. The van der Waals surface area contributed by atoms with Crippen LogP contribution in [0.15, 0.2) is 198 Å². The molecule has 0 unspecified atom stereocenters. The molecule has 43 heteroatoms. The van der Waals surface area contributed by atoms with E-state index >= 15 is 0 Å². The summed E-state index contributed by atoms with van der Waals surface area (Å²) in [5.41, 5.74) is 10.8. The van der Waals surface area contributed by atoms with Crippen LogP contribution in [0.4, 0.5) is 44.2 Å². The smallest absolute Gasteiger partial charge is 0.410 e. The Morgan fingerprint density at radius 2 is 0.754 bits per heavy atom. The third-order valence-corrected chi connectivity index (χ3v) is 28.2. The van der Waals surface area contributed by atoms with Crippen molar-refractivity contribution in [1.82, 2.24) is 81.7 Å². The maximum atomic E-state index is 13.2. The first-order valence-corrected chi connectivity index (χ1v) is 49.3. The van der Waals surface area contributed by atoms with Crippen molar-refractivity contribution in [2.45, 2.75) is 151 Å². The number of aromatic nitrogens is 12. The van der Waals surface area contributed by atoms with Crippen molar-refractivity contribution in [1.29, 1.82) is 0 Å². The lowest BCUT2D eigenvalue weighted by molar-refractivity contribution is -0.129. The van der Waals surface area contributed by atoms with Crippen LogP contribution in [-0.2, 0) is 49.1 Å². The summed E-state index contributed by atoms with van der Waals surface area (Å²) in [6, 6.07) is 37.9. The van der Waals surface area contributed by atoms with E-state index in [9.17, 15) is 44.4 Å². The van der Waals surface area contributed by atoms with Gasteiger partial charge in [-0.1, -0.05) is 99.5 Å². The predicted molar refractivity (Wildman–Crippen MR) is 520 cm³/mol. The van der Waals surface area contributed by atoms with Crippen LogP contribution in [0.5, 0.6) is 0 Å². The summed E-state index contributed by atoms with van der Waals surface area (Å²) < 4.78 is 92.8. The highest BCUT2D eigenvalue weighted by atomic mass is 35.5. The number of H-pyrrole nitrogens is 1. The average Bonchev–Trinajstić information content (AvgIpc) is 1.61. The number of nitrogens with one attached hydrogen (secondary N) is 8. The molecular formula is C91H106Cl4N24O12S3. The molecule has 5 saturated heterocycles. The third kappa shape index (κ3) is 24.7. The number of amides is 4. The van der Waals surface area contributed by atoms with E-state index < -0.39 is 41.3 Å². The molecule has 0 aliphatic carbocycles. The van der Waals surface area contributed by atoms with Crippen molar-refractivity contribution in [3.05, 3.63) is 220 Å². The number of fused-ring (bicyclic) bond motifs is 4. The van der Waals surface area contributed by atoms with Crippen molar-refractivity contribution in [3.63, 3.8) is 0 Å². The van der Waals surface area contributed by atoms with E-state index in [1.165, 1.54) is 51.8 Å². The van der Waals surface area contributed by atoms with E-state index in [4.69, 9.17) is 61.6 Å². The van der Waals surface area contributed by atoms with E-state index in [-0.39, 0.29) is 87.6 Å². The summed E-state index contributed by atoms with van der Waals surface area (Å²) in [4.78, 5) is 93.7. The molecule has 8 aromatic heterocycles. The lowest BCUT2D eigenvalue weighted by Gasteiger charge is -2.24. The minimum Gasteiger partial charge on any atom is -0.444 e. The van der Waals surface area contributed by atoms with E-state index in [2.05, 4.69) is 82.1 Å². The van der Waals surface area contributed by atoms with E-state index in [0.717, 1.165) is 94.9 Å². The molecule has 10 N–H and O–H groups in total. The number of aryl methyl sites for hydroxylation is 3. The highest BCUT2D eigenvalue weighted by Gasteiger charge is 2.35. The second-order valence-electron chi connectivity index (χ2n) is 35.0. The Morgan fingerprint density at radius 1 is 0.418 bits per heavy atom. The van der Waals surface area contributed by atoms with Gasteiger partial charge in [0.05, 0.1) is 49.3 Å². The van der Waals surface area contributed by atoms with E-state index in [1.54, 1.807) is 142 Å². The SMILES string of the molecule is CC(C)(C)OC(=O)N1CC[C@H](N)C1.Cc1ccc(S(=O)(=O)n2ccc3c(N[C@H]4CCN(C(=O)CNc5cc(Cl)cc(Cl)c5)C4)ncnc32)cc1.Cc1ccc(S(=O)(=O)n2ccc3c(N[C@H]4CCN(C(=O)OC(C)(C)C)C4)ncnc32)cc1.Cc1ccc(S(=O)(=O)n2ccc3c(N[C@H]4CCNC4)ncnc32)cc1.O=C(CNc1cc(Cl)cc(Cl)c1)N1CC[C@H](Nc2ncnc3[nH]ccc23)C1. The molecule has 134 heavy (non-hydrogen) atoms. The molecule has 36 nitrogen and oxygen atoms in total. The summed E-state index contributed by atoms with van der Waals surface area (Å²) in [6.45, 7) is 23.8. The first-order valence-electron chi connectivity index (χ1n) is 43.4. The lowest BCUT2D eigenvalue weighted by Crippen LogP contribution is -2.36. The van der Waals surface area contributed by atoms with Gasteiger partial charge in [0.2, 0.25) is 11.8 Å². The van der Waals surface area contributed by atoms with Crippen molar-refractivity contribution in [3.8, 4) is 0 Å². The van der Waals surface area contributed by atoms with Crippen LogP contribution in [0.3, 0.4) is 0 Å². The monoisotopic (exact) mass is 1960 g/mol. The molecule has 5 atom stereocenters. The van der Waals surface area contributed by atoms with Crippen molar-refractivity contribution in [2.24, 2.45) is 5.73 Å². The fraction of sp³-hybridized carbons (Fsp3) is 0.363. The number of likely N-dealkylation sites (tertiary alicyclic amines) is 4. The summed E-state index contributed by atoms with van der Waals surface area (Å²) >= 11 is 24.0. The van der Waals surface area contributed by atoms with Gasteiger partial charge in [-0.3, -0.25) is 9.59 Å². The molecule has 0 saturated carbocycles. The van der Waals surface area contributed by atoms with Gasteiger partial charge in [0.25, 0.3) is 30.1 Å². The number of hydrogen-bond donors (Lipinski definition) is 9. The Kier molecular flexibility index (Phi) is 30.8. The van der Waals surface area contributed by atoms with Crippen LogP contribution < -0.4 is 43.0 Å². The quantitative estimate of drug-likeness (QED) is 0.0342. The third-order valence-electron chi connectivity index (χ3n) is 22.3. The number of halogens is 4. The molecule has 0 spiro atoms. The summed E-state index contributed by atoms with van der Waals surface area (Å²) in [7, 11) is -11.3. The van der Waals surface area contributed by atoms with Gasteiger partial charge in [-0.15, -0.1) is 0 Å². The number of anilines is 6. The number of rotatable bonds is 20. The number of aromatic amines is 1. The zero-order chi connectivity index (χ0) is 95.6. The van der Waals surface area contributed by atoms with E-state index in [0.29, 0.717) is 116 Å². The highest BCUT2D eigenvalue weighted by molar-refractivity contribution is 7.90. The van der Waals surface area contributed by atoms with Gasteiger partial charge in [0.15, 0.2) is 16.9 Å². The van der Waals surface area contributed by atoms with Crippen molar-refractivity contribution < 1.29 is 53.9 Å². The molecule has 0 radical (unpaired) electrons. The molecule has 708 valence electrons. The zero-order valence-electron chi connectivity index (χ0n) is 75.1. The standard InChI is InChI=1S/C25H24Cl2N6O3S.C22H27N5O4S.C18H18Cl2N6O.C17H19N5O2S.C9H18N2O2/c1-16-2-4-21(5-3-16)37(35,36)33-9-7-22-24(29-15-30-25(22)33)31-19-6-8-32(14-19)23(34)13-28-20-11-17(26)10-18(27)12-20;1-15-5-7-17(8-6-15)32(29,30)27-12-10-18-19(23-14-24-20(18)27)25-16-9-11-26(13-16)21(28)31-22(2,3)4;19-11-5-12(20)7-14(6-11)22-8-16(27)26-4-2-13(9-26)25-18-15-1-3-21-17(15)23-10-24-18;1-12-2-4-14(5-3-12)25(23,24)22-9-7-15-16(19-11-20-17(15)22)21-13-6-8-18-10-13;1-9(2,3)13-8(12)11-5-4-7(10)6-11/h2-5,7,9-12,15,19,28H,6,8,13-14H2,1H3,(H,29,30,31);5-8,10,12,14,16H,9,11,13H2,1-4H3,(H,23,24,25);1,3,5-7,10,13,22H,2,4,8-9H2,(H2,21,23,24,25);2-5,7,9,11,13,18H,6,8,10H2,1H3,(H,19,20,21);7H,4-6,10H2,1-3H3/t19-;16-;2*13-;7-/m00000/s1. The highest BCUT2D eigenvalue weighted by Crippen LogP contribution is 2.33. The molecule has 13 heterocycles. The second-order valence-corrected chi connectivity index (χ2v) is 42.1. The van der Waals surface area contributed by atoms with Crippen LogP contribution in [0.25, 0.3) is 44.1 Å². The Bertz CT molecular complexity index is 6720. The molecule has 5 fully saturated rings. The van der Waals surface area contributed by atoms with Crippen molar-refractivity contribution in [2.75, 3.05) is 110 Å². The first-order chi connectivity index (χ1) is 63.8. The van der Waals surface area contributed by atoms with Gasteiger partial charge in [0.1, 0.15) is 65.4 Å². The molecule has 13 aromatic rings. The molecule has 5 aromatic carbocycles. The van der Waals surface area contributed by atoms with Gasteiger partial charge >= 0.3 is 12.2 Å². The Labute approximate surface area is 796 Å². The predicted octanol–water partition coefficient (Wildman–Crippen LogP) is 13.9. The van der Waals surface area contributed by atoms with Gasteiger partial charge in [-0.25, -0.2) is 86.6 Å². The first kappa shape index (κ1) is 97.8. The normalized spacial score (nSPS) is 17.4. The number of hydrogen-bond acceptors (Lipinski definition) is 28. The second kappa shape index (κ2) is 42.1. The van der Waals surface area contributed by atoms with E-state index in [1.807, 2.05) is 79.5 Å². The average molecular weight is 1970 g/mol. The molecule has 5 aliphatic rings. The zero-order valence-corrected chi connectivity index (χ0v) is 80.6. The van der Waals surface area contributed by atoms with Gasteiger partial charge in [-0.2, -0.15) is 0 Å². The van der Waals surface area contributed by atoms with Gasteiger partial charge < -0.3 is 77.0 Å². The maximum absolute atomic E-state index is 13.2. The molecular weight excluding hydrogens is 1860 g/mol. The Balaban J connectivity index is 0.000000138. The van der Waals surface area contributed by atoms with Gasteiger partial charge in [0, 0.05) is 145 Å². The van der Waals surface area contributed by atoms with Crippen LogP contribution in [-0.4, -0.2) is 246 Å². The summed E-state index contributed by atoms with van der Waals surface area (Å²) in [5.74, 6) is 2.48. The molecule has 18 rings (SSSR count). The fourth-order valence-electron chi connectivity index (χ4n) is 15.5. The minimum absolute atomic E-state index is 0.0299. The topological polar surface area (TPSA) is 446 Å². The van der Waals surface area contributed by atoms with Crippen LogP contribution >= 0.6 is 46.4 Å². The molecule has 5 aliphatic heterocycles. The van der Waals surface area contributed by atoms with Gasteiger partial charge in [-0.05, 0) is 198 Å². The Hall–Kier alpha value is -12.2. The minimum atomic E-state index is -3.82. The number of carbonyl (C=O) groups excluding carboxylic acids is 4. The van der Waals surface area contributed by atoms with Crippen molar-refractivity contribution >= 4 is 179 Å². The summed E-state index contributed by atoms with van der Waals surface area (Å²) in [6.07, 6.45) is 15.6. The molecule has 4 amide bonds. The fourth-order valence-corrected chi connectivity index (χ4v) is 20.4. The number of benzene rings is 5. The largest absolute Gasteiger partial charge is 0.444 e. The van der Waals surface area contributed by atoms with Crippen LogP contribution in [0.2, 0.25) is 20.1 Å². The lowest BCUT2D eigenvalue weighted by atomic mass is 10.2. The van der Waals surface area contributed by atoms with Crippen LogP contribution in [0, 0.1) is 20.8 Å². The maximum Gasteiger partial charge on any atom is 0.410 e. The molecule has 0 bridgehead atoms. The number of nitrogens with zero attached hydrogens (tertiary/aromatic N) is 15. The Morgan fingerprint density at radius 3 is 1.10 bits per heavy atom. The number of ether oxygens (including phenoxy) is 2. The summed E-state index contributed by atoms with van der Waals surface area (Å²) in [5, 5.41) is 27.8. The van der Waals surface area contributed by atoms with Crippen LogP contribution in [0.1, 0.15) is 90.3 Å². The number of nitrogens with two attached hydrogens (primary N) is 1.